The Morgan fingerprint density at radius 2 is 1.61 bits per heavy atom. The van der Waals surface area contributed by atoms with Crippen LogP contribution in [-0.2, 0) is 14.3 Å². The zero-order valence-electron chi connectivity index (χ0n) is 11.0. The molecule has 3 aliphatic rings. The van der Waals surface area contributed by atoms with E-state index in [1.54, 1.807) is 0 Å². The molecule has 0 bridgehead atoms. The van der Waals surface area contributed by atoms with E-state index in [1.807, 2.05) is 0 Å². The lowest BCUT2D eigenvalue weighted by molar-refractivity contribution is -0.133. The fourth-order valence-electron chi connectivity index (χ4n) is 3.55. The van der Waals surface area contributed by atoms with Gasteiger partial charge in [0.2, 0.25) is 5.91 Å². The molecule has 0 aromatic rings. The Balaban J connectivity index is 1.54. The van der Waals surface area contributed by atoms with E-state index < -0.39 is 0 Å². The maximum absolute atomic E-state index is 12.2. The third kappa shape index (κ3) is 2.28. The van der Waals surface area contributed by atoms with Crippen molar-refractivity contribution in [1.82, 2.24) is 5.32 Å². The van der Waals surface area contributed by atoms with Crippen LogP contribution in [0, 0.1) is 11.3 Å². The summed E-state index contributed by atoms with van der Waals surface area (Å²) in [5, 5.41) is 3.30. The molecule has 1 spiro atoms. The van der Waals surface area contributed by atoms with Gasteiger partial charge in [0.05, 0.1) is 0 Å². The van der Waals surface area contributed by atoms with Gasteiger partial charge in [-0.2, -0.15) is 0 Å². The Kier molecular flexibility index (Phi) is 3.57. The summed E-state index contributed by atoms with van der Waals surface area (Å²) in [6, 6.07) is 0.400. The normalized spacial score (nSPS) is 31.9. The summed E-state index contributed by atoms with van der Waals surface area (Å²) in [4.78, 5) is 12.2. The first-order valence-electron chi connectivity index (χ1n) is 7.26. The summed E-state index contributed by atoms with van der Waals surface area (Å²) in [5.74, 6) is 0.435. The van der Waals surface area contributed by atoms with E-state index in [1.165, 1.54) is 6.42 Å². The molecule has 4 nitrogen and oxygen atoms in total. The number of ether oxygens (including phenoxy) is 2. The number of hydrogen-bond donors (Lipinski definition) is 1. The van der Waals surface area contributed by atoms with Crippen molar-refractivity contribution in [3.05, 3.63) is 0 Å². The number of carbonyl (C=O) groups is 1. The van der Waals surface area contributed by atoms with Crippen LogP contribution < -0.4 is 5.32 Å². The standard InChI is InChI=1S/C14H23NO3/c16-13(11-2-7-17-8-3-11)15-12-1-4-14(12)5-9-18-10-6-14/h11-12H,1-10H2,(H,15,16). The summed E-state index contributed by atoms with van der Waals surface area (Å²) < 4.78 is 10.7. The molecular formula is C14H23NO3. The molecule has 3 fully saturated rings. The van der Waals surface area contributed by atoms with E-state index in [-0.39, 0.29) is 11.8 Å². The second-order valence-corrected chi connectivity index (χ2v) is 5.96. The molecule has 1 saturated carbocycles. The monoisotopic (exact) mass is 253 g/mol. The lowest BCUT2D eigenvalue weighted by atomic mass is 9.60. The van der Waals surface area contributed by atoms with E-state index >= 15 is 0 Å². The van der Waals surface area contributed by atoms with Crippen LogP contribution in [0.25, 0.3) is 0 Å². The molecule has 2 saturated heterocycles. The van der Waals surface area contributed by atoms with Crippen molar-refractivity contribution < 1.29 is 14.3 Å². The van der Waals surface area contributed by atoms with Gasteiger partial charge in [0, 0.05) is 38.4 Å². The van der Waals surface area contributed by atoms with Crippen LogP contribution in [0.2, 0.25) is 0 Å². The first kappa shape index (κ1) is 12.4. The Morgan fingerprint density at radius 1 is 0.944 bits per heavy atom. The van der Waals surface area contributed by atoms with E-state index in [9.17, 15) is 4.79 Å². The van der Waals surface area contributed by atoms with Gasteiger partial charge in [-0.15, -0.1) is 0 Å². The largest absolute Gasteiger partial charge is 0.381 e. The highest BCUT2D eigenvalue weighted by Gasteiger charge is 2.48. The van der Waals surface area contributed by atoms with Crippen LogP contribution in [0.3, 0.4) is 0 Å². The fourth-order valence-corrected chi connectivity index (χ4v) is 3.55. The Bertz CT molecular complexity index is 306. The molecule has 2 heterocycles. The van der Waals surface area contributed by atoms with Crippen molar-refractivity contribution in [2.24, 2.45) is 11.3 Å². The molecule has 3 rings (SSSR count). The van der Waals surface area contributed by atoms with Crippen molar-refractivity contribution in [2.45, 2.75) is 44.6 Å². The SMILES string of the molecule is O=C(NC1CCC12CCOCC2)C1CCOCC1. The number of carbonyl (C=O) groups excluding carboxylic acids is 1. The Morgan fingerprint density at radius 3 is 2.22 bits per heavy atom. The predicted octanol–water partition coefficient (Wildman–Crippen LogP) is 1.49. The Hall–Kier alpha value is -0.610. The summed E-state index contributed by atoms with van der Waals surface area (Å²) in [6.45, 7) is 3.21. The highest BCUT2D eigenvalue weighted by molar-refractivity contribution is 5.79. The van der Waals surface area contributed by atoms with Gasteiger partial charge in [0.15, 0.2) is 0 Å². The highest BCUT2D eigenvalue weighted by atomic mass is 16.5. The summed E-state index contributed by atoms with van der Waals surface area (Å²) in [6.07, 6.45) is 6.41. The average molecular weight is 253 g/mol. The minimum Gasteiger partial charge on any atom is -0.381 e. The second kappa shape index (κ2) is 5.17. The number of hydrogen-bond acceptors (Lipinski definition) is 3. The maximum atomic E-state index is 12.2. The van der Waals surface area contributed by atoms with E-state index in [0.717, 1.165) is 58.5 Å². The minimum atomic E-state index is 0.177. The van der Waals surface area contributed by atoms with Crippen LogP contribution in [-0.4, -0.2) is 38.4 Å². The van der Waals surface area contributed by atoms with E-state index in [2.05, 4.69) is 5.32 Å². The molecule has 0 aromatic heterocycles. The van der Waals surface area contributed by atoms with Crippen LogP contribution in [0.4, 0.5) is 0 Å². The zero-order chi connectivity index (χ0) is 12.4. The molecular weight excluding hydrogens is 230 g/mol. The first-order valence-corrected chi connectivity index (χ1v) is 7.26. The van der Waals surface area contributed by atoms with E-state index in [4.69, 9.17) is 9.47 Å². The third-order valence-corrected chi connectivity index (χ3v) is 5.07. The molecule has 0 aromatic carbocycles. The quantitative estimate of drug-likeness (QED) is 0.811. The topological polar surface area (TPSA) is 47.6 Å². The van der Waals surface area contributed by atoms with Crippen molar-refractivity contribution in [2.75, 3.05) is 26.4 Å². The van der Waals surface area contributed by atoms with Crippen LogP contribution in [0.1, 0.15) is 38.5 Å². The molecule has 18 heavy (non-hydrogen) atoms. The van der Waals surface area contributed by atoms with Crippen LogP contribution in [0.15, 0.2) is 0 Å². The number of amides is 1. The van der Waals surface area contributed by atoms with Crippen molar-refractivity contribution in [1.29, 1.82) is 0 Å². The maximum Gasteiger partial charge on any atom is 0.223 e. The van der Waals surface area contributed by atoms with Gasteiger partial charge < -0.3 is 14.8 Å². The summed E-state index contributed by atoms with van der Waals surface area (Å²) in [5.41, 5.74) is 0.360. The lowest BCUT2D eigenvalue weighted by Gasteiger charge is -2.52. The molecule has 1 atom stereocenters. The van der Waals surface area contributed by atoms with Crippen molar-refractivity contribution >= 4 is 5.91 Å². The molecule has 1 aliphatic carbocycles. The molecule has 1 unspecified atom stereocenters. The van der Waals surface area contributed by atoms with Gasteiger partial charge >= 0.3 is 0 Å². The Labute approximate surface area is 108 Å². The highest BCUT2D eigenvalue weighted by Crippen LogP contribution is 2.48. The third-order valence-electron chi connectivity index (χ3n) is 5.07. The fraction of sp³-hybridized carbons (Fsp3) is 0.929. The average Bonchev–Trinajstić information content (AvgIpc) is 2.45. The molecule has 1 amide bonds. The first-order chi connectivity index (χ1) is 8.80. The van der Waals surface area contributed by atoms with Gasteiger partial charge in [0.1, 0.15) is 0 Å². The van der Waals surface area contributed by atoms with Gasteiger partial charge in [-0.3, -0.25) is 4.79 Å². The molecule has 0 radical (unpaired) electrons. The van der Waals surface area contributed by atoms with Crippen LogP contribution in [0.5, 0.6) is 0 Å². The zero-order valence-corrected chi connectivity index (χ0v) is 11.0. The second-order valence-electron chi connectivity index (χ2n) is 5.96. The summed E-state index contributed by atoms with van der Waals surface area (Å²) in [7, 11) is 0. The molecule has 4 heteroatoms. The smallest absolute Gasteiger partial charge is 0.223 e. The van der Waals surface area contributed by atoms with E-state index in [0.29, 0.717) is 11.5 Å². The van der Waals surface area contributed by atoms with Gasteiger partial charge in [-0.05, 0) is 43.9 Å². The molecule has 2 aliphatic heterocycles. The lowest BCUT2D eigenvalue weighted by Crippen LogP contribution is -2.58. The molecule has 1 N–H and O–H groups in total. The minimum absolute atomic E-state index is 0.177. The van der Waals surface area contributed by atoms with Gasteiger partial charge in [-0.25, -0.2) is 0 Å². The van der Waals surface area contributed by atoms with Crippen molar-refractivity contribution in [3.8, 4) is 0 Å². The molecule has 102 valence electrons. The van der Waals surface area contributed by atoms with Gasteiger partial charge in [0.25, 0.3) is 0 Å². The van der Waals surface area contributed by atoms with Crippen LogP contribution >= 0.6 is 0 Å². The van der Waals surface area contributed by atoms with Gasteiger partial charge in [-0.1, -0.05) is 0 Å². The number of rotatable bonds is 2. The summed E-state index contributed by atoms with van der Waals surface area (Å²) >= 11 is 0. The number of nitrogens with one attached hydrogen (secondary N) is 1. The predicted molar refractivity (Wildman–Crippen MR) is 67.2 cm³/mol. The van der Waals surface area contributed by atoms with Crippen molar-refractivity contribution in [3.63, 3.8) is 0 Å².